The van der Waals surface area contributed by atoms with Crippen LogP contribution in [0.25, 0.3) is 0 Å². The van der Waals surface area contributed by atoms with Crippen LogP contribution in [0.5, 0.6) is 0 Å². The van der Waals surface area contributed by atoms with Gasteiger partial charge in [-0.05, 0) is 17.5 Å². The van der Waals surface area contributed by atoms with E-state index in [2.05, 4.69) is 6.92 Å². The second-order valence-corrected chi connectivity index (χ2v) is 7.39. The summed E-state index contributed by atoms with van der Waals surface area (Å²) >= 11 is 0. The Morgan fingerprint density at radius 1 is 0.818 bits per heavy atom. The first-order valence-electron chi connectivity index (χ1n) is 7.68. The number of rotatable bonds is 9. The summed E-state index contributed by atoms with van der Waals surface area (Å²) in [5.41, 5.74) is 2.00. The van der Waals surface area contributed by atoms with Gasteiger partial charge in [0.15, 0.2) is 0 Å². The normalized spacial score (nSPS) is 11.5. The summed E-state index contributed by atoms with van der Waals surface area (Å²) in [6.07, 6.45) is 2.26. The van der Waals surface area contributed by atoms with Crippen molar-refractivity contribution in [3.05, 3.63) is 71.8 Å². The Morgan fingerprint density at radius 2 is 1.27 bits per heavy atom. The molecule has 3 nitrogen and oxygen atoms in total. The third-order valence-electron chi connectivity index (χ3n) is 3.33. The molecule has 0 saturated carbocycles. The molecule has 0 unspecified atom stereocenters. The van der Waals surface area contributed by atoms with E-state index >= 15 is 0 Å². The van der Waals surface area contributed by atoms with Crippen molar-refractivity contribution in [2.75, 3.05) is 6.16 Å². The van der Waals surface area contributed by atoms with Gasteiger partial charge in [0.1, 0.15) is 0 Å². The van der Waals surface area contributed by atoms with E-state index in [0.29, 0.717) is 19.4 Å². The lowest BCUT2D eigenvalue weighted by atomic mass is 10.2. The summed E-state index contributed by atoms with van der Waals surface area (Å²) in [7, 11) is -3.07. The summed E-state index contributed by atoms with van der Waals surface area (Å²) in [5.74, 6) is 0. The zero-order valence-corrected chi connectivity index (χ0v) is 13.9. The summed E-state index contributed by atoms with van der Waals surface area (Å²) in [4.78, 5) is 0. The highest BCUT2D eigenvalue weighted by atomic mass is 31.2. The van der Waals surface area contributed by atoms with E-state index < -0.39 is 7.60 Å². The van der Waals surface area contributed by atoms with Gasteiger partial charge in [0, 0.05) is 0 Å². The number of hydrogen-bond acceptors (Lipinski definition) is 3. The molecule has 0 spiro atoms. The van der Waals surface area contributed by atoms with E-state index in [9.17, 15) is 4.57 Å². The van der Waals surface area contributed by atoms with E-state index in [4.69, 9.17) is 9.05 Å². The summed E-state index contributed by atoms with van der Waals surface area (Å²) < 4.78 is 24.2. The fraction of sp³-hybridized carbons (Fsp3) is 0.333. The molecular weight excluding hydrogens is 295 g/mol. The third-order valence-corrected chi connectivity index (χ3v) is 5.24. The fourth-order valence-corrected chi connectivity index (χ4v) is 3.74. The molecule has 0 heterocycles. The molecule has 0 bridgehead atoms. The lowest BCUT2D eigenvalue weighted by Gasteiger charge is -2.18. The second kappa shape index (κ2) is 8.89. The minimum absolute atomic E-state index is 0.316. The van der Waals surface area contributed by atoms with Crippen LogP contribution < -0.4 is 0 Å². The Hall–Kier alpha value is -1.41. The maximum absolute atomic E-state index is 12.9. The lowest BCUT2D eigenvalue weighted by molar-refractivity contribution is 0.190. The van der Waals surface area contributed by atoms with Gasteiger partial charge >= 0.3 is 7.60 Å². The van der Waals surface area contributed by atoms with Gasteiger partial charge in [-0.25, -0.2) is 0 Å². The van der Waals surface area contributed by atoms with Gasteiger partial charge in [-0.2, -0.15) is 0 Å². The van der Waals surface area contributed by atoms with Crippen molar-refractivity contribution in [3.8, 4) is 0 Å². The van der Waals surface area contributed by atoms with Crippen molar-refractivity contribution in [1.82, 2.24) is 0 Å². The quantitative estimate of drug-likeness (QED) is 0.580. The molecule has 0 saturated heterocycles. The van der Waals surface area contributed by atoms with Crippen molar-refractivity contribution in [1.29, 1.82) is 0 Å². The first-order valence-corrected chi connectivity index (χ1v) is 9.40. The van der Waals surface area contributed by atoms with Gasteiger partial charge in [-0.3, -0.25) is 4.57 Å². The van der Waals surface area contributed by atoms with Gasteiger partial charge < -0.3 is 9.05 Å². The van der Waals surface area contributed by atoms with Crippen LogP contribution in [0.3, 0.4) is 0 Å². The lowest BCUT2D eigenvalue weighted by Crippen LogP contribution is -2.01. The molecule has 0 amide bonds. The Balaban J connectivity index is 1.95. The van der Waals surface area contributed by atoms with Crippen molar-refractivity contribution in [2.24, 2.45) is 0 Å². The Morgan fingerprint density at radius 3 is 1.68 bits per heavy atom. The van der Waals surface area contributed by atoms with Gasteiger partial charge in [-0.15, -0.1) is 0 Å². The molecule has 0 aromatic heterocycles. The van der Waals surface area contributed by atoms with Crippen molar-refractivity contribution in [3.63, 3.8) is 0 Å². The van der Waals surface area contributed by atoms with Gasteiger partial charge in [0.25, 0.3) is 0 Å². The highest BCUT2D eigenvalue weighted by Gasteiger charge is 2.24. The molecule has 22 heavy (non-hydrogen) atoms. The van der Waals surface area contributed by atoms with Crippen LogP contribution in [0.2, 0.25) is 0 Å². The molecule has 0 aliphatic rings. The van der Waals surface area contributed by atoms with E-state index in [1.54, 1.807) is 0 Å². The van der Waals surface area contributed by atoms with Crippen molar-refractivity contribution < 1.29 is 13.6 Å². The zero-order valence-electron chi connectivity index (χ0n) is 13.0. The SMILES string of the molecule is CCCCP(=O)(OCc1ccccc1)OCc1ccccc1. The van der Waals surface area contributed by atoms with E-state index in [-0.39, 0.29) is 0 Å². The zero-order chi connectivity index (χ0) is 15.7. The topological polar surface area (TPSA) is 35.5 Å². The minimum atomic E-state index is -3.07. The van der Waals surface area contributed by atoms with Gasteiger partial charge in [0.05, 0.1) is 19.4 Å². The molecule has 4 heteroatoms. The summed E-state index contributed by atoms with van der Waals surface area (Å²) in [6.45, 7) is 2.70. The molecule has 0 aliphatic heterocycles. The second-order valence-electron chi connectivity index (χ2n) is 5.21. The molecule has 0 N–H and O–H groups in total. The van der Waals surface area contributed by atoms with Crippen LogP contribution in [0.15, 0.2) is 60.7 Å². The van der Waals surface area contributed by atoms with Gasteiger partial charge in [0.2, 0.25) is 0 Å². The average Bonchev–Trinajstić information content (AvgIpc) is 2.59. The molecular formula is C18H23O3P. The largest absolute Gasteiger partial charge is 0.331 e. The predicted octanol–water partition coefficient (Wildman–Crippen LogP) is 5.41. The summed E-state index contributed by atoms with van der Waals surface area (Å²) in [5, 5.41) is 0. The molecule has 2 rings (SSSR count). The monoisotopic (exact) mass is 318 g/mol. The fourth-order valence-electron chi connectivity index (χ4n) is 2.01. The molecule has 118 valence electrons. The number of benzene rings is 2. The molecule has 0 fully saturated rings. The third kappa shape index (κ3) is 5.76. The molecule has 0 atom stereocenters. The van der Waals surface area contributed by atoms with Crippen molar-refractivity contribution in [2.45, 2.75) is 33.0 Å². The molecule has 0 radical (unpaired) electrons. The first kappa shape index (κ1) is 17.0. The van der Waals surface area contributed by atoms with Crippen molar-refractivity contribution >= 4 is 7.60 Å². The Bertz CT molecular complexity index is 536. The highest BCUT2D eigenvalue weighted by molar-refractivity contribution is 7.53. The van der Waals surface area contributed by atoms with Crippen LogP contribution in [0, 0.1) is 0 Å². The predicted molar refractivity (Wildman–Crippen MR) is 89.8 cm³/mol. The maximum atomic E-state index is 12.9. The molecule has 2 aromatic rings. The molecule has 0 aliphatic carbocycles. The van der Waals surface area contributed by atoms with E-state index in [1.807, 2.05) is 60.7 Å². The van der Waals surface area contributed by atoms with Crippen LogP contribution in [0.4, 0.5) is 0 Å². The number of hydrogen-bond donors (Lipinski definition) is 0. The summed E-state index contributed by atoms with van der Waals surface area (Å²) in [6, 6.07) is 19.5. The first-order chi connectivity index (χ1) is 10.7. The maximum Gasteiger partial charge on any atom is 0.331 e. The number of unbranched alkanes of at least 4 members (excludes halogenated alkanes) is 1. The van der Waals surface area contributed by atoms with E-state index in [1.165, 1.54) is 0 Å². The van der Waals surface area contributed by atoms with Crippen LogP contribution in [-0.2, 0) is 26.8 Å². The highest BCUT2D eigenvalue weighted by Crippen LogP contribution is 2.50. The van der Waals surface area contributed by atoms with Gasteiger partial charge in [-0.1, -0.05) is 74.0 Å². The standard InChI is InChI=1S/C18H23O3P/c1-2-3-14-22(19,20-15-17-10-6-4-7-11-17)21-16-18-12-8-5-9-13-18/h4-13H,2-3,14-16H2,1H3. The Kier molecular flexibility index (Phi) is 6.85. The minimum Gasteiger partial charge on any atom is -0.304 e. The average molecular weight is 318 g/mol. The van der Waals surface area contributed by atoms with Crippen LogP contribution in [-0.4, -0.2) is 6.16 Å². The van der Waals surface area contributed by atoms with Crippen LogP contribution in [0.1, 0.15) is 30.9 Å². The molecule has 2 aromatic carbocycles. The smallest absolute Gasteiger partial charge is 0.304 e. The van der Waals surface area contributed by atoms with Crippen LogP contribution >= 0.6 is 7.60 Å². The Labute approximate surface area is 132 Å². The van der Waals surface area contributed by atoms with E-state index in [0.717, 1.165) is 24.0 Å².